The first-order valence-corrected chi connectivity index (χ1v) is 15.2. The molecule has 0 radical (unpaired) electrons. The quantitative estimate of drug-likeness (QED) is 0.214. The first-order chi connectivity index (χ1) is 18.4. The second-order valence-corrected chi connectivity index (χ2v) is 11.5. The predicted molar refractivity (Wildman–Crippen MR) is 165 cm³/mol. The van der Waals surface area contributed by atoms with Crippen LogP contribution in [0.2, 0.25) is 0 Å². The van der Waals surface area contributed by atoms with Gasteiger partial charge < -0.3 is 0 Å². The fourth-order valence-electron chi connectivity index (χ4n) is 5.37. The van der Waals surface area contributed by atoms with Crippen molar-refractivity contribution in [2.45, 2.75) is 121 Å². The van der Waals surface area contributed by atoms with E-state index in [4.69, 9.17) is 4.99 Å². The van der Waals surface area contributed by atoms with E-state index in [1.54, 1.807) is 0 Å². The van der Waals surface area contributed by atoms with Crippen molar-refractivity contribution in [1.29, 1.82) is 0 Å². The van der Waals surface area contributed by atoms with E-state index >= 15 is 0 Å². The molecule has 2 fully saturated rings. The summed E-state index contributed by atoms with van der Waals surface area (Å²) in [6.07, 6.45) is 10.6. The van der Waals surface area contributed by atoms with Gasteiger partial charge in [0.05, 0.1) is 5.70 Å². The summed E-state index contributed by atoms with van der Waals surface area (Å²) >= 11 is 0. The number of amides is 2. The van der Waals surface area contributed by atoms with Crippen molar-refractivity contribution in [3.63, 3.8) is 0 Å². The topological polar surface area (TPSA) is 75.6 Å². The number of nitrogens with zero attached hydrogens (tertiary/aromatic N) is 1. The fourth-order valence-corrected chi connectivity index (χ4v) is 5.37. The number of benzene rings is 1. The smallest absolute Gasteiger partial charge is 0.229 e. The van der Waals surface area contributed by atoms with Gasteiger partial charge in [-0.15, -0.1) is 0 Å². The number of carbonyl (C=O) groups excluding carboxylic acids is 3. The van der Waals surface area contributed by atoms with Crippen LogP contribution in [-0.2, 0) is 16.0 Å². The van der Waals surface area contributed by atoms with Crippen LogP contribution in [0.4, 0.5) is 0 Å². The maximum Gasteiger partial charge on any atom is 0.229 e. The number of hydrogen-bond acceptors (Lipinski definition) is 4. The van der Waals surface area contributed by atoms with E-state index in [2.05, 4.69) is 58.1 Å². The summed E-state index contributed by atoms with van der Waals surface area (Å²) in [6, 6.07) is 6.26. The molecule has 1 unspecified atom stereocenters. The molecule has 2 amide bonds. The van der Waals surface area contributed by atoms with Gasteiger partial charge >= 0.3 is 0 Å². The Balaban J connectivity index is 0.000000578. The lowest BCUT2D eigenvalue weighted by Gasteiger charge is -2.37. The van der Waals surface area contributed by atoms with Crippen molar-refractivity contribution >= 4 is 29.0 Å². The zero-order valence-corrected chi connectivity index (χ0v) is 26.4. The monoisotopic (exact) mass is 538 g/mol. The van der Waals surface area contributed by atoms with E-state index in [-0.39, 0.29) is 34.8 Å². The Labute approximate surface area is 238 Å². The van der Waals surface area contributed by atoms with Crippen LogP contribution in [0.25, 0.3) is 5.70 Å². The highest BCUT2D eigenvalue weighted by Gasteiger charge is 2.34. The van der Waals surface area contributed by atoms with Crippen LogP contribution in [-0.4, -0.2) is 23.3 Å². The van der Waals surface area contributed by atoms with Crippen molar-refractivity contribution in [3.8, 4) is 0 Å². The average Bonchev–Trinajstić information content (AvgIpc) is 2.92. The summed E-state index contributed by atoms with van der Waals surface area (Å²) < 4.78 is 0. The van der Waals surface area contributed by atoms with Crippen molar-refractivity contribution in [3.05, 3.63) is 41.0 Å². The number of piperidine rings is 1. The molecule has 5 heteroatoms. The standard InChI is InChI=1S/C26H39NO.C6H9NO2.C2H6/c1-8-20-17-21(13-14-22(20)24(28)18(3)4)23(9-2)27-25(19(5)6)26(7)15-11-10-12-16-26;1-4-2-3-5(8)7-6(4)9;1-2/h9,13-14,17-19H,8,10-12,15-16H2,1-7H3;4H,2-3H2,1H3,(H,7,8,9);1-2H3/b23-9-,27-25?;;. The molecule has 218 valence electrons. The number of nitrogens with one attached hydrogen (secondary N) is 1. The van der Waals surface area contributed by atoms with Crippen molar-refractivity contribution in [2.24, 2.45) is 28.2 Å². The van der Waals surface area contributed by atoms with Crippen LogP contribution in [0.5, 0.6) is 0 Å². The van der Waals surface area contributed by atoms with Crippen molar-refractivity contribution < 1.29 is 14.4 Å². The minimum atomic E-state index is -0.141. The lowest BCUT2D eigenvalue weighted by molar-refractivity contribution is -0.135. The SMILES string of the molecule is C/C=C(\N=C(C(C)C)C1(C)CCCCC1)c1ccc(C(=O)C(C)C)c(CC)c1.CC.CC1CCC(=O)NC1=O. The number of ketones is 1. The molecule has 1 heterocycles. The molecule has 1 saturated carbocycles. The zero-order chi connectivity index (χ0) is 29.8. The van der Waals surface area contributed by atoms with Gasteiger partial charge in [0.2, 0.25) is 11.8 Å². The Hall–Kier alpha value is -2.56. The third-order valence-corrected chi connectivity index (χ3v) is 7.72. The summed E-state index contributed by atoms with van der Waals surface area (Å²) in [5.41, 5.74) is 5.69. The minimum absolute atomic E-state index is 0.0164. The summed E-state index contributed by atoms with van der Waals surface area (Å²) in [4.78, 5) is 38.9. The number of aryl methyl sites for hydroxylation is 1. The third kappa shape index (κ3) is 9.85. The summed E-state index contributed by atoms with van der Waals surface area (Å²) in [5.74, 6) is 0.429. The van der Waals surface area contributed by atoms with E-state index in [0.29, 0.717) is 18.8 Å². The molecule has 1 aliphatic carbocycles. The Kier molecular flexibility index (Phi) is 14.6. The second-order valence-electron chi connectivity index (χ2n) is 11.5. The molecule has 2 aliphatic rings. The Morgan fingerprint density at radius 3 is 2.15 bits per heavy atom. The van der Waals surface area contributed by atoms with Crippen molar-refractivity contribution in [1.82, 2.24) is 5.32 Å². The van der Waals surface area contributed by atoms with Gasteiger partial charge in [0, 0.05) is 40.5 Å². The highest BCUT2D eigenvalue weighted by atomic mass is 16.2. The first-order valence-electron chi connectivity index (χ1n) is 15.2. The van der Waals surface area contributed by atoms with Gasteiger partial charge in [0.1, 0.15) is 0 Å². The zero-order valence-electron chi connectivity index (χ0n) is 26.4. The van der Waals surface area contributed by atoms with Crippen LogP contribution in [0.15, 0.2) is 29.3 Å². The summed E-state index contributed by atoms with van der Waals surface area (Å²) in [5, 5.41) is 2.25. The van der Waals surface area contributed by atoms with E-state index < -0.39 is 0 Å². The number of allylic oxidation sites excluding steroid dienone is 1. The molecule has 0 aromatic heterocycles. The van der Waals surface area contributed by atoms with E-state index in [1.165, 1.54) is 37.8 Å². The Morgan fingerprint density at radius 2 is 1.69 bits per heavy atom. The lowest BCUT2D eigenvalue weighted by atomic mass is 9.69. The van der Waals surface area contributed by atoms with E-state index in [9.17, 15) is 14.4 Å². The number of rotatable bonds is 7. The number of imide groups is 1. The molecule has 1 N–H and O–H groups in total. The molecular formula is C34H54N2O3. The molecule has 1 aromatic carbocycles. The van der Waals surface area contributed by atoms with E-state index in [1.807, 2.05) is 40.7 Å². The van der Waals surface area contributed by atoms with Gasteiger partial charge in [-0.2, -0.15) is 0 Å². The van der Waals surface area contributed by atoms with Gasteiger partial charge in [0.15, 0.2) is 5.78 Å². The second kappa shape index (κ2) is 16.5. The number of aliphatic imine (C=N–C) groups is 1. The molecule has 0 bridgehead atoms. The normalized spacial score (nSPS) is 19.5. The van der Waals surface area contributed by atoms with Gasteiger partial charge in [-0.1, -0.05) is 99.8 Å². The predicted octanol–water partition coefficient (Wildman–Crippen LogP) is 8.60. The third-order valence-electron chi connectivity index (χ3n) is 7.72. The molecule has 1 aromatic rings. The fraction of sp³-hybridized carbons (Fsp3) is 0.647. The van der Waals surface area contributed by atoms with Crippen molar-refractivity contribution in [2.75, 3.05) is 0 Å². The molecule has 0 spiro atoms. The van der Waals surface area contributed by atoms with Gasteiger partial charge in [0.25, 0.3) is 0 Å². The summed E-state index contributed by atoms with van der Waals surface area (Å²) in [6.45, 7) is 20.9. The number of Topliss-reactive ketones (excluding diaryl/α,β-unsaturated/α-hetero) is 1. The highest BCUT2D eigenvalue weighted by Crippen LogP contribution is 2.40. The number of carbonyl (C=O) groups is 3. The molecular weight excluding hydrogens is 484 g/mol. The van der Waals surface area contributed by atoms with Crippen LogP contribution < -0.4 is 5.32 Å². The number of hydrogen-bond donors (Lipinski definition) is 1. The maximum atomic E-state index is 12.5. The first kappa shape index (κ1) is 34.5. The molecule has 1 saturated heterocycles. The van der Waals surface area contributed by atoms with Gasteiger partial charge in [-0.05, 0) is 50.2 Å². The minimum Gasteiger partial charge on any atom is -0.296 e. The summed E-state index contributed by atoms with van der Waals surface area (Å²) in [7, 11) is 0. The molecule has 3 rings (SSSR count). The molecule has 39 heavy (non-hydrogen) atoms. The Bertz CT molecular complexity index is 1030. The van der Waals surface area contributed by atoms with Crippen LogP contribution in [0.3, 0.4) is 0 Å². The Morgan fingerprint density at radius 1 is 1.08 bits per heavy atom. The van der Waals surface area contributed by atoms with Crippen LogP contribution >= 0.6 is 0 Å². The molecule has 1 atom stereocenters. The highest BCUT2D eigenvalue weighted by molar-refractivity contribution is 6.00. The van der Waals surface area contributed by atoms with Crippen LogP contribution in [0.1, 0.15) is 136 Å². The largest absolute Gasteiger partial charge is 0.296 e. The van der Waals surface area contributed by atoms with Crippen LogP contribution in [0, 0.1) is 23.2 Å². The maximum absolute atomic E-state index is 12.5. The van der Waals surface area contributed by atoms with Gasteiger partial charge in [-0.25, -0.2) is 0 Å². The molecule has 5 nitrogen and oxygen atoms in total. The van der Waals surface area contributed by atoms with E-state index in [0.717, 1.165) is 28.8 Å². The average molecular weight is 539 g/mol. The molecule has 1 aliphatic heterocycles. The lowest BCUT2D eigenvalue weighted by Crippen LogP contribution is -2.39. The van der Waals surface area contributed by atoms with Gasteiger partial charge in [-0.3, -0.25) is 24.7 Å².